The molecule has 2 aromatic carbocycles. The van der Waals surface area contributed by atoms with Crippen molar-refractivity contribution < 1.29 is 23.9 Å². The molecule has 4 atom stereocenters. The van der Waals surface area contributed by atoms with E-state index in [2.05, 4.69) is 10.6 Å². The van der Waals surface area contributed by atoms with Crippen LogP contribution in [0.5, 0.6) is 5.75 Å². The Balaban J connectivity index is 1.26. The maximum Gasteiger partial charge on any atom is 0.234 e. The van der Waals surface area contributed by atoms with Crippen molar-refractivity contribution in [1.82, 2.24) is 5.32 Å². The minimum Gasteiger partial charge on any atom is -0.497 e. The Labute approximate surface area is 197 Å². The molecule has 176 valence electrons. The Morgan fingerprint density at radius 1 is 1.15 bits per heavy atom. The van der Waals surface area contributed by atoms with Gasteiger partial charge in [-0.2, -0.15) is 0 Å². The van der Waals surface area contributed by atoms with E-state index >= 15 is 0 Å². The standard InChI is InChI=1S/C26H27N3O5/c1-16(30)28-18-5-7-19(8-6-18)29-15-26-13-11-21(34-26)22(23(26)25(29)32)24(31)27-14-12-17-3-9-20(33-2)10-4-17/h3-11,13,21-23H,12,14-15H2,1-2H3,(H,27,31)(H,28,30)/t21-,22-,23+,26+/m1/s1. The van der Waals surface area contributed by atoms with Crippen LogP contribution in [0.4, 0.5) is 11.4 Å². The van der Waals surface area contributed by atoms with Gasteiger partial charge in [-0.25, -0.2) is 0 Å². The largest absolute Gasteiger partial charge is 0.497 e. The number of benzene rings is 2. The Kier molecular flexibility index (Phi) is 5.61. The van der Waals surface area contributed by atoms with Gasteiger partial charge in [0.2, 0.25) is 17.7 Å². The van der Waals surface area contributed by atoms with Crippen molar-refractivity contribution in [1.29, 1.82) is 0 Å². The number of nitrogens with zero attached hydrogens (tertiary/aromatic N) is 1. The maximum atomic E-state index is 13.5. The second kappa shape index (κ2) is 8.61. The molecule has 0 aromatic heterocycles. The topological polar surface area (TPSA) is 97.0 Å². The number of amides is 3. The fourth-order valence-corrected chi connectivity index (χ4v) is 5.18. The van der Waals surface area contributed by atoms with Crippen LogP contribution in [0.25, 0.3) is 0 Å². The van der Waals surface area contributed by atoms with Crippen LogP contribution in [-0.2, 0) is 25.5 Å². The first kappa shape index (κ1) is 22.2. The fraction of sp³-hybridized carbons (Fsp3) is 0.346. The molecule has 0 aliphatic carbocycles. The first-order chi connectivity index (χ1) is 16.4. The van der Waals surface area contributed by atoms with Crippen molar-refractivity contribution in [2.75, 3.05) is 30.4 Å². The van der Waals surface area contributed by atoms with Gasteiger partial charge < -0.3 is 25.0 Å². The van der Waals surface area contributed by atoms with Gasteiger partial charge in [-0.05, 0) is 48.4 Å². The van der Waals surface area contributed by atoms with Crippen LogP contribution >= 0.6 is 0 Å². The number of methoxy groups -OCH3 is 1. The first-order valence-corrected chi connectivity index (χ1v) is 11.4. The number of carbonyl (C=O) groups excluding carboxylic acids is 3. The predicted molar refractivity (Wildman–Crippen MR) is 127 cm³/mol. The second-order valence-corrected chi connectivity index (χ2v) is 8.94. The molecule has 3 aliphatic rings. The zero-order valence-corrected chi connectivity index (χ0v) is 19.1. The van der Waals surface area contributed by atoms with Gasteiger partial charge in [0, 0.05) is 24.8 Å². The van der Waals surface area contributed by atoms with Crippen LogP contribution in [-0.4, -0.2) is 49.6 Å². The fourth-order valence-electron chi connectivity index (χ4n) is 5.18. The minimum atomic E-state index is -0.782. The SMILES string of the molecule is COc1ccc(CCNC(=O)[C@H]2[C@H]3C(=O)N(c4ccc(NC(C)=O)cc4)C[C@@]34C=C[C@H]2O4)cc1. The van der Waals surface area contributed by atoms with Crippen LogP contribution < -0.4 is 20.3 Å². The van der Waals surface area contributed by atoms with E-state index in [1.165, 1.54) is 6.92 Å². The van der Waals surface area contributed by atoms with Crippen molar-refractivity contribution in [2.45, 2.75) is 25.0 Å². The summed E-state index contributed by atoms with van der Waals surface area (Å²) in [5.41, 5.74) is 1.68. The number of ether oxygens (including phenoxy) is 2. The molecule has 34 heavy (non-hydrogen) atoms. The van der Waals surface area contributed by atoms with E-state index < -0.39 is 17.4 Å². The van der Waals surface area contributed by atoms with Crippen molar-refractivity contribution >= 4 is 29.1 Å². The third-order valence-electron chi connectivity index (χ3n) is 6.77. The van der Waals surface area contributed by atoms with Gasteiger partial charge in [0.25, 0.3) is 0 Å². The van der Waals surface area contributed by atoms with Gasteiger partial charge in [-0.3, -0.25) is 14.4 Å². The van der Waals surface area contributed by atoms with Gasteiger partial charge in [-0.1, -0.05) is 24.3 Å². The molecule has 2 saturated heterocycles. The highest BCUT2D eigenvalue weighted by atomic mass is 16.5. The average molecular weight is 462 g/mol. The van der Waals surface area contributed by atoms with E-state index in [9.17, 15) is 14.4 Å². The monoisotopic (exact) mass is 461 g/mol. The molecule has 2 fully saturated rings. The third kappa shape index (κ3) is 3.84. The number of carbonyl (C=O) groups is 3. The molecule has 1 spiro atoms. The summed E-state index contributed by atoms with van der Waals surface area (Å²) in [6, 6.07) is 14.8. The summed E-state index contributed by atoms with van der Waals surface area (Å²) in [5.74, 6) is -0.760. The van der Waals surface area contributed by atoms with Crippen LogP contribution in [0.3, 0.4) is 0 Å². The quantitative estimate of drug-likeness (QED) is 0.617. The van der Waals surface area contributed by atoms with E-state index in [1.54, 1.807) is 36.3 Å². The van der Waals surface area contributed by atoms with E-state index in [1.807, 2.05) is 36.4 Å². The van der Waals surface area contributed by atoms with Gasteiger partial charge in [-0.15, -0.1) is 0 Å². The van der Waals surface area contributed by atoms with Crippen molar-refractivity contribution in [3.8, 4) is 5.75 Å². The van der Waals surface area contributed by atoms with Gasteiger partial charge in [0.1, 0.15) is 11.4 Å². The van der Waals surface area contributed by atoms with Crippen LogP contribution in [0.2, 0.25) is 0 Å². The normalized spacial score (nSPS) is 26.5. The Morgan fingerprint density at radius 2 is 1.88 bits per heavy atom. The lowest BCUT2D eigenvalue weighted by molar-refractivity contribution is -0.131. The summed E-state index contributed by atoms with van der Waals surface area (Å²) in [6.45, 7) is 2.28. The number of rotatable bonds is 7. The molecule has 3 aliphatic heterocycles. The molecule has 0 unspecified atom stereocenters. The summed E-state index contributed by atoms with van der Waals surface area (Å²) in [4.78, 5) is 39.5. The lowest BCUT2D eigenvalue weighted by atomic mass is 9.77. The Bertz CT molecular complexity index is 1140. The molecule has 3 heterocycles. The van der Waals surface area contributed by atoms with Gasteiger partial charge >= 0.3 is 0 Å². The summed E-state index contributed by atoms with van der Waals surface area (Å²) in [7, 11) is 1.63. The van der Waals surface area contributed by atoms with E-state index in [-0.39, 0.29) is 23.8 Å². The second-order valence-electron chi connectivity index (χ2n) is 8.94. The zero-order valence-electron chi connectivity index (χ0n) is 19.1. The molecule has 0 radical (unpaired) electrons. The molecule has 3 amide bonds. The van der Waals surface area contributed by atoms with Crippen molar-refractivity contribution in [2.24, 2.45) is 11.8 Å². The minimum absolute atomic E-state index is 0.116. The summed E-state index contributed by atoms with van der Waals surface area (Å²) < 4.78 is 11.4. The third-order valence-corrected chi connectivity index (χ3v) is 6.77. The lowest BCUT2D eigenvalue weighted by Crippen LogP contribution is -2.44. The molecular formula is C26H27N3O5. The highest BCUT2D eigenvalue weighted by Gasteiger charge is 2.67. The summed E-state index contributed by atoms with van der Waals surface area (Å²) >= 11 is 0. The Morgan fingerprint density at radius 3 is 2.56 bits per heavy atom. The first-order valence-electron chi connectivity index (χ1n) is 11.4. The maximum absolute atomic E-state index is 13.5. The van der Waals surface area contributed by atoms with E-state index in [0.717, 1.165) is 11.3 Å². The summed E-state index contributed by atoms with van der Waals surface area (Å²) in [6.07, 6.45) is 4.13. The average Bonchev–Trinajstić information content (AvgIpc) is 3.48. The molecule has 2 aromatic rings. The van der Waals surface area contributed by atoms with E-state index in [0.29, 0.717) is 30.9 Å². The highest BCUT2D eigenvalue weighted by molar-refractivity contribution is 6.03. The van der Waals surface area contributed by atoms with Crippen molar-refractivity contribution in [3.63, 3.8) is 0 Å². The van der Waals surface area contributed by atoms with Gasteiger partial charge in [0.15, 0.2) is 0 Å². The van der Waals surface area contributed by atoms with Crippen LogP contribution in [0, 0.1) is 11.8 Å². The number of fused-ring (bicyclic) bond motifs is 1. The molecule has 0 saturated carbocycles. The zero-order chi connectivity index (χ0) is 23.9. The Hall–Kier alpha value is -3.65. The molecular weight excluding hydrogens is 434 g/mol. The molecule has 5 rings (SSSR count). The highest BCUT2D eigenvalue weighted by Crippen LogP contribution is 2.52. The number of hydrogen-bond acceptors (Lipinski definition) is 5. The smallest absolute Gasteiger partial charge is 0.234 e. The molecule has 8 nitrogen and oxygen atoms in total. The molecule has 2 bridgehead atoms. The number of nitrogens with one attached hydrogen (secondary N) is 2. The predicted octanol–water partition coefficient (Wildman–Crippen LogP) is 2.30. The van der Waals surface area contributed by atoms with Crippen LogP contribution in [0.1, 0.15) is 12.5 Å². The molecule has 2 N–H and O–H groups in total. The van der Waals surface area contributed by atoms with Gasteiger partial charge in [0.05, 0.1) is 31.6 Å². The van der Waals surface area contributed by atoms with Crippen LogP contribution in [0.15, 0.2) is 60.7 Å². The number of hydrogen-bond donors (Lipinski definition) is 2. The van der Waals surface area contributed by atoms with E-state index in [4.69, 9.17) is 9.47 Å². The number of anilines is 2. The summed E-state index contributed by atoms with van der Waals surface area (Å²) in [5, 5.41) is 5.72. The lowest BCUT2D eigenvalue weighted by Gasteiger charge is -2.23. The molecule has 8 heteroatoms. The van der Waals surface area contributed by atoms with Crippen molar-refractivity contribution in [3.05, 3.63) is 66.2 Å².